The molecule has 3 aromatic rings. The first-order valence-electron chi connectivity index (χ1n) is 8.84. The maximum atomic E-state index is 11.2. The second-order valence-electron chi connectivity index (χ2n) is 6.84. The molecule has 0 unspecified atom stereocenters. The summed E-state index contributed by atoms with van der Waals surface area (Å²) >= 11 is 7.71. The number of hydrogen-bond donors (Lipinski definition) is 1. The molecule has 2 heterocycles. The van der Waals surface area contributed by atoms with E-state index in [0.29, 0.717) is 27.1 Å². The number of ether oxygens (including phenoxy) is 1. The molecule has 1 atom stereocenters. The van der Waals surface area contributed by atoms with Gasteiger partial charge in [-0.1, -0.05) is 16.8 Å². The molecule has 7 nitrogen and oxygen atoms in total. The molecule has 4 rings (SSSR count). The van der Waals surface area contributed by atoms with Gasteiger partial charge in [0.05, 0.1) is 22.0 Å². The number of carbonyl (C=O) groups is 1. The number of fused-ring (bicyclic) bond motifs is 1. The minimum Gasteiger partial charge on any atom is -0.489 e. The molecule has 2 aromatic heterocycles. The van der Waals surface area contributed by atoms with Crippen molar-refractivity contribution in [3.05, 3.63) is 39.7 Å². The quantitative estimate of drug-likeness (QED) is 0.664. The Morgan fingerprint density at radius 3 is 3.00 bits per heavy atom. The molecular weight excluding hydrogens is 400 g/mol. The zero-order chi connectivity index (χ0) is 19.8. The van der Waals surface area contributed by atoms with Crippen LogP contribution in [0.15, 0.2) is 22.7 Å². The van der Waals surface area contributed by atoms with Gasteiger partial charge in [0.2, 0.25) is 5.91 Å². The first-order chi connectivity index (χ1) is 13.4. The van der Waals surface area contributed by atoms with Crippen molar-refractivity contribution in [2.24, 2.45) is 0 Å². The van der Waals surface area contributed by atoms with Crippen molar-refractivity contribution in [1.29, 1.82) is 5.26 Å². The molecule has 1 aliphatic carbocycles. The zero-order valence-corrected chi connectivity index (χ0v) is 16.8. The van der Waals surface area contributed by atoms with Crippen LogP contribution in [0.3, 0.4) is 0 Å². The van der Waals surface area contributed by atoms with Crippen molar-refractivity contribution in [2.75, 3.05) is 0 Å². The van der Waals surface area contributed by atoms with Gasteiger partial charge in [-0.25, -0.2) is 4.98 Å². The van der Waals surface area contributed by atoms with Crippen molar-refractivity contribution in [2.45, 2.75) is 44.8 Å². The minimum atomic E-state index is -0.214. The molecule has 144 valence electrons. The first-order valence-corrected chi connectivity index (χ1v) is 10.0. The van der Waals surface area contributed by atoms with Crippen LogP contribution in [0.5, 0.6) is 5.75 Å². The lowest BCUT2D eigenvalue weighted by molar-refractivity contribution is -0.119. The van der Waals surface area contributed by atoms with Gasteiger partial charge in [0.1, 0.15) is 22.9 Å². The monoisotopic (exact) mass is 416 g/mol. The number of hydrogen-bond acceptors (Lipinski definition) is 7. The van der Waals surface area contributed by atoms with Crippen molar-refractivity contribution in [3.8, 4) is 11.8 Å². The predicted octanol–water partition coefficient (Wildman–Crippen LogP) is 4.33. The Kier molecular flexibility index (Phi) is 4.96. The van der Waals surface area contributed by atoms with E-state index in [2.05, 4.69) is 15.5 Å². The molecule has 1 aromatic carbocycles. The second kappa shape index (κ2) is 7.41. The van der Waals surface area contributed by atoms with Crippen molar-refractivity contribution in [1.82, 2.24) is 15.5 Å². The van der Waals surface area contributed by atoms with Gasteiger partial charge in [-0.3, -0.25) is 4.79 Å². The Balaban J connectivity index is 1.39. The summed E-state index contributed by atoms with van der Waals surface area (Å²) in [6, 6.07) is 7.33. The number of nitrogens with zero attached hydrogens (tertiary/aromatic N) is 3. The highest BCUT2D eigenvalue weighted by Crippen LogP contribution is 2.42. The van der Waals surface area contributed by atoms with Crippen LogP contribution < -0.4 is 10.1 Å². The molecule has 0 spiro atoms. The zero-order valence-electron chi connectivity index (χ0n) is 15.2. The summed E-state index contributed by atoms with van der Waals surface area (Å²) in [6.07, 6.45) is 1.65. The molecule has 1 N–H and O–H groups in total. The molecule has 9 heteroatoms. The molecule has 1 aliphatic rings. The molecule has 1 fully saturated rings. The highest BCUT2D eigenvalue weighted by Gasteiger charge is 2.35. The van der Waals surface area contributed by atoms with Gasteiger partial charge in [0.15, 0.2) is 10.8 Å². The Morgan fingerprint density at radius 2 is 2.29 bits per heavy atom. The van der Waals surface area contributed by atoms with E-state index in [4.69, 9.17) is 26.1 Å². The Hall–Kier alpha value is -2.63. The Labute approximate surface area is 170 Å². The molecular formula is C19H17ClN4O3S. The number of nitriles is 1. The third-order valence-electron chi connectivity index (χ3n) is 4.76. The Bertz CT molecular complexity index is 1080. The molecule has 0 aliphatic heterocycles. The van der Waals surface area contributed by atoms with E-state index in [1.165, 1.54) is 18.3 Å². The van der Waals surface area contributed by atoms with Crippen LogP contribution in [0.4, 0.5) is 0 Å². The van der Waals surface area contributed by atoms with Crippen LogP contribution in [-0.4, -0.2) is 22.2 Å². The van der Waals surface area contributed by atoms with E-state index in [0.717, 1.165) is 23.2 Å². The lowest BCUT2D eigenvalue weighted by atomic mass is 9.80. The number of aromatic nitrogens is 2. The van der Waals surface area contributed by atoms with Gasteiger partial charge in [0, 0.05) is 18.9 Å². The third kappa shape index (κ3) is 3.55. The number of thiazole rings is 1. The van der Waals surface area contributed by atoms with Crippen LogP contribution in [0, 0.1) is 11.3 Å². The van der Waals surface area contributed by atoms with Crippen LogP contribution >= 0.6 is 22.9 Å². The number of halogens is 1. The largest absolute Gasteiger partial charge is 0.489 e. The average molecular weight is 417 g/mol. The lowest BCUT2D eigenvalue weighted by Gasteiger charge is -2.34. The summed E-state index contributed by atoms with van der Waals surface area (Å²) in [6.45, 7) is 3.32. The number of nitrogens with one attached hydrogen (secondary N) is 1. The molecule has 0 saturated heterocycles. The summed E-state index contributed by atoms with van der Waals surface area (Å²) in [5.41, 5.74) is 1.57. The van der Waals surface area contributed by atoms with Crippen LogP contribution in [-0.2, 0) is 4.79 Å². The van der Waals surface area contributed by atoms with E-state index in [1.54, 1.807) is 6.07 Å². The minimum absolute atomic E-state index is 0.0382. The normalized spacial score (nSPS) is 19.6. The van der Waals surface area contributed by atoms with Gasteiger partial charge in [-0.05, 0) is 31.9 Å². The maximum Gasteiger partial charge on any atom is 0.217 e. The third-order valence-corrected chi connectivity index (χ3v) is 6.24. The van der Waals surface area contributed by atoms with Gasteiger partial charge < -0.3 is 14.6 Å². The SMILES string of the molecule is CC(=O)N[C@@H](C)c1cc(C2CC(Oc3ccc4nc(C#N)sc4c3Cl)C2)no1. The van der Waals surface area contributed by atoms with Crippen LogP contribution in [0.2, 0.25) is 5.02 Å². The van der Waals surface area contributed by atoms with E-state index >= 15 is 0 Å². The lowest BCUT2D eigenvalue weighted by Crippen LogP contribution is -2.32. The topological polar surface area (TPSA) is 101 Å². The highest BCUT2D eigenvalue weighted by atomic mass is 35.5. The van der Waals surface area contributed by atoms with Crippen molar-refractivity contribution >= 4 is 39.1 Å². The fourth-order valence-electron chi connectivity index (χ4n) is 3.24. The van der Waals surface area contributed by atoms with E-state index in [-0.39, 0.29) is 24.0 Å². The van der Waals surface area contributed by atoms with Crippen molar-refractivity contribution in [3.63, 3.8) is 0 Å². The fourth-order valence-corrected chi connectivity index (χ4v) is 4.35. The summed E-state index contributed by atoms with van der Waals surface area (Å²) in [5, 5.41) is 16.8. The van der Waals surface area contributed by atoms with Crippen LogP contribution in [0.25, 0.3) is 10.2 Å². The summed E-state index contributed by atoms with van der Waals surface area (Å²) in [4.78, 5) is 15.4. The van der Waals surface area contributed by atoms with E-state index in [9.17, 15) is 4.79 Å². The van der Waals surface area contributed by atoms with E-state index in [1.807, 2.05) is 25.1 Å². The molecule has 0 bridgehead atoms. The molecule has 28 heavy (non-hydrogen) atoms. The van der Waals surface area contributed by atoms with Crippen LogP contribution in [0.1, 0.15) is 55.1 Å². The molecule has 1 amide bonds. The van der Waals surface area contributed by atoms with E-state index < -0.39 is 0 Å². The van der Waals surface area contributed by atoms with Gasteiger partial charge in [-0.2, -0.15) is 5.26 Å². The molecule has 1 saturated carbocycles. The standard InChI is InChI=1S/C19H17ClN4O3S/c1-9(22-10(2)25)16-7-14(24-27-16)11-5-12(6-11)26-15-4-3-13-19(18(15)20)28-17(8-21)23-13/h3-4,7,9,11-12H,5-6H2,1-2H3,(H,22,25)/t9-,11?,12?/m0/s1. The van der Waals surface area contributed by atoms with Gasteiger partial charge in [-0.15, -0.1) is 11.3 Å². The summed E-state index contributed by atoms with van der Waals surface area (Å²) < 4.78 is 12.2. The smallest absolute Gasteiger partial charge is 0.217 e. The second-order valence-corrected chi connectivity index (χ2v) is 8.22. The summed E-state index contributed by atoms with van der Waals surface area (Å²) in [5.74, 6) is 1.38. The van der Waals surface area contributed by atoms with Gasteiger partial charge >= 0.3 is 0 Å². The number of rotatable bonds is 5. The maximum absolute atomic E-state index is 11.2. The predicted molar refractivity (Wildman–Crippen MR) is 104 cm³/mol. The highest BCUT2D eigenvalue weighted by molar-refractivity contribution is 7.19. The first kappa shape index (κ1) is 18.7. The average Bonchev–Trinajstić information content (AvgIpc) is 3.26. The Morgan fingerprint density at radius 1 is 1.50 bits per heavy atom. The fraction of sp³-hybridized carbons (Fsp3) is 0.368. The number of carbonyl (C=O) groups excluding carboxylic acids is 1. The molecule has 0 radical (unpaired) electrons. The number of amides is 1. The van der Waals surface area contributed by atoms with Gasteiger partial charge in [0.25, 0.3) is 0 Å². The summed E-state index contributed by atoms with van der Waals surface area (Å²) in [7, 11) is 0. The van der Waals surface area contributed by atoms with Crippen molar-refractivity contribution < 1.29 is 14.1 Å². The number of benzene rings is 1.